The molecule has 0 radical (unpaired) electrons. The van der Waals surface area contributed by atoms with Crippen molar-refractivity contribution in [2.45, 2.75) is 30.3 Å². The average Bonchev–Trinajstić information content (AvgIpc) is 3.24. The summed E-state index contributed by atoms with van der Waals surface area (Å²) < 4.78 is 0. The number of hydrogen-bond acceptors (Lipinski definition) is 5. The van der Waals surface area contributed by atoms with Crippen LogP contribution in [0.3, 0.4) is 0 Å². The van der Waals surface area contributed by atoms with Crippen LogP contribution in [-0.2, 0) is 20.9 Å². The summed E-state index contributed by atoms with van der Waals surface area (Å²) in [7, 11) is 0. The Balaban J connectivity index is 1.29. The molecule has 0 bridgehead atoms. The van der Waals surface area contributed by atoms with Crippen molar-refractivity contribution in [2.24, 2.45) is 5.92 Å². The van der Waals surface area contributed by atoms with E-state index in [1.807, 2.05) is 24.5 Å². The number of carbonyl (C=O) groups excluding carboxylic acids is 3. The Morgan fingerprint density at radius 3 is 2.50 bits per heavy atom. The van der Waals surface area contributed by atoms with Crippen molar-refractivity contribution in [1.29, 1.82) is 0 Å². The summed E-state index contributed by atoms with van der Waals surface area (Å²) in [4.78, 5) is 54.0. The van der Waals surface area contributed by atoms with Gasteiger partial charge in [-0.25, -0.2) is 4.79 Å². The minimum absolute atomic E-state index is 0.124. The molecule has 1 saturated heterocycles. The van der Waals surface area contributed by atoms with Gasteiger partial charge in [-0.05, 0) is 48.4 Å². The van der Waals surface area contributed by atoms with Gasteiger partial charge in [0.2, 0.25) is 11.8 Å². The number of carbonyl (C=O) groups is 4. The van der Waals surface area contributed by atoms with Crippen LogP contribution in [0.5, 0.6) is 0 Å². The molecular weight excluding hydrogens is 549 g/mol. The predicted molar refractivity (Wildman–Crippen MR) is 147 cm³/mol. The molecule has 0 unspecified atom stereocenters. The predicted octanol–water partition coefficient (Wildman–Crippen LogP) is 4.19. The van der Waals surface area contributed by atoms with E-state index >= 15 is 0 Å². The van der Waals surface area contributed by atoms with Gasteiger partial charge in [-0.3, -0.25) is 14.4 Å². The number of benzene rings is 2. The second-order valence-corrected chi connectivity index (χ2v) is 10.8. The van der Waals surface area contributed by atoms with Gasteiger partial charge in [0.25, 0.3) is 5.91 Å². The fourth-order valence-corrected chi connectivity index (χ4v) is 5.79. The number of fused-ring (bicyclic) bond motifs is 1. The van der Waals surface area contributed by atoms with Gasteiger partial charge < -0.3 is 20.2 Å². The Kier molecular flexibility index (Phi) is 9.02. The Morgan fingerprint density at radius 1 is 1.13 bits per heavy atom. The van der Waals surface area contributed by atoms with Gasteiger partial charge in [-0.1, -0.05) is 47.5 Å². The molecule has 2 N–H and O–H groups in total. The summed E-state index contributed by atoms with van der Waals surface area (Å²) in [6.45, 7) is 0.903. The molecule has 2 aromatic rings. The molecule has 2 heterocycles. The number of nitrogens with zero attached hydrogens (tertiary/aromatic N) is 2. The maximum atomic E-state index is 12.9. The highest BCUT2D eigenvalue weighted by Crippen LogP contribution is 2.35. The molecule has 2 aromatic carbocycles. The van der Waals surface area contributed by atoms with Crippen molar-refractivity contribution in [3.63, 3.8) is 0 Å². The molecule has 8 nitrogen and oxygen atoms in total. The van der Waals surface area contributed by atoms with Crippen LogP contribution in [0.2, 0.25) is 10.0 Å². The largest absolute Gasteiger partial charge is 0.480 e. The molecule has 0 aliphatic carbocycles. The van der Waals surface area contributed by atoms with Crippen molar-refractivity contribution >= 4 is 64.7 Å². The highest BCUT2D eigenvalue weighted by molar-refractivity contribution is 7.98. The van der Waals surface area contributed by atoms with E-state index in [1.165, 1.54) is 22.7 Å². The first-order valence-electron chi connectivity index (χ1n) is 12.1. The van der Waals surface area contributed by atoms with Crippen LogP contribution in [0.25, 0.3) is 6.08 Å². The zero-order chi connectivity index (χ0) is 27.4. The number of thioether (sulfide) groups is 1. The lowest BCUT2D eigenvalue weighted by Gasteiger charge is -2.31. The van der Waals surface area contributed by atoms with E-state index in [0.29, 0.717) is 53.6 Å². The quantitative estimate of drug-likeness (QED) is 0.361. The van der Waals surface area contributed by atoms with Crippen LogP contribution >= 0.6 is 35.0 Å². The number of aliphatic carboxylic acids is 1. The van der Waals surface area contributed by atoms with Crippen molar-refractivity contribution < 1.29 is 24.3 Å². The van der Waals surface area contributed by atoms with E-state index in [1.54, 1.807) is 29.2 Å². The summed E-state index contributed by atoms with van der Waals surface area (Å²) in [5.74, 6) is -2.47. The number of hydrogen-bond donors (Lipinski definition) is 2. The SMILES string of the molecule is CSc1ccc(/C=C/C(=O)N2CCC(C(=O)N[C@@H](CN3Cc4ccccc4C3=O)C(=O)O)CC2)c(Cl)c1Cl. The lowest BCUT2D eigenvalue weighted by atomic mass is 9.95. The van der Waals surface area contributed by atoms with Gasteiger partial charge in [0.15, 0.2) is 0 Å². The van der Waals surface area contributed by atoms with E-state index in [0.717, 1.165) is 10.5 Å². The Labute approximate surface area is 235 Å². The maximum Gasteiger partial charge on any atom is 0.328 e. The van der Waals surface area contributed by atoms with Gasteiger partial charge >= 0.3 is 5.97 Å². The van der Waals surface area contributed by atoms with Crippen LogP contribution < -0.4 is 5.32 Å². The van der Waals surface area contributed by atoms with Crippen LogP contribution in [0.1, 0.15) is 34.3 Å². The lowest BCUT2D eigenvalue weighted by molar-refractivity contribution is -0.143. The van der Waals surface area contributed by atoms with Gasteiger partial charge in [0.1, 0.15) is 6.04 Å². The average molecular weight is 577 g/mol. The monoisotopic (exact) mass is 575 g/mol. The maximum absolute atomic E-state index is 12.9. The highest BCUT2D eigenvalue weighted by Gasteiger charge is 2.34. The first-order chi connectivity index (χ1) is 18.2. The molecule has 0 aromatic heterocycles. The number of amides is 3. The molecular formula is C27H27Cl2N3O5S. The van der Waals surface area contributed by atoms with Gasteiger partial charge in [-0.15, -0.1) is 11.8 Å². The first kappa shape index (κ1) is 28.0. The second-order valence-electron chi connectivity index (χ2n) is 9.16. The van der Waals surface area contributed by atoms with E-state index in [9.17, 15) is 24.3 Å². The molecule has 11 heteroatoms. The summed E-state index contributed by atoms with van der Waals surface area (Å²) in [5, 5.41) is 13.1. The zero-order valence-electron chi connectivity index (χ0n) is 20.7. The zero-order valence-corrected chi connectivity index (χ0v) is 23.0. The molecule has 3 amide bonds. The summed E-state index contributed by atoms with van der Waals surface area (Å²) in [6.07, 6.45) is 5.76. The number of rotatable bonds is 8. The normalized spacial score (nSPS) is 16.6. The van der Waals surface area contributed by atoms with E-state index < -0.39 is 17.9 Å². The molecule has 1 atom stereocenters. The van der Waals surface area contributed by atoms with Crippen LogP contribution in [0.4, 0.5) is 0 Å². The molecule has 200 valence electrons. The molecule has 1 fully saturated rings. The topological polar surface area (TPSA) is 107 Å². The summed E-state index contributed by atoms with van der Waals surface area (Å²) >= 11 is 14.1. The van der Waals surface area contributed by atoms with Crippen molar-refractivity contribution in [1.82, 2.24) is 15.1 Å². The third kappa shape index (κ3) is 6.17. The van der Waals surface area contributed by atoms with Crippen LogP contribution in [0, 0.1) is 5.92 Å². The molecule has 38 heavy (non-hydrogen) atoms. The summed E-state index contributed by atoms with van der Waals surface area (Å²) in [6, 6.07) is 9.54. The third-order valence-electron chi connectivity index (χ3n) is 6.79. The Morgan fingerprint density at radius 2 is 1.84 bits per heavy atom. The molecule has 2 aliphatic rings. The fourth-order valence-electron chi connectivity index (χ4n) is 4.62. The minimum Gasteiger partial charge on any atom is -0.480 e. The van der Waals surface area contributed by atoms with E-state index in [-0.39, 0.29) is 24.3 Å². The van der Waals surface area contributed by atoms with Crippen LogP contribution in [-0.4, -0.2) is 70.5 Å². The van der Waals surface area contributed by atoms with Crippen molar-refractivity contribution in [3.05, 3.63) is 69.2 Å². The number of carboxylic acid groups (broad SMARTS) is 1. The molecule has 4 rings (SSSR count). The highest BCUT2D eigenvalue weighted by atomic mass is 35.5. The second kappa shape index (κ2) is 12.2. The van der Waals surface area contributed by atoms with Gasteiger partial charge in [0.05, 0.1) is 16.6 Å². The standard InChI is InChI=1S/C27H27Cl2N3O5S/c1-38-21-8-6-16(23(28)24(21)29)7-9-22(33)31-12-10-17(11-13-31)25(34)30-20(27(36)37)15-32-14-18-4-2-3-5-19(18)26(32)35/h2-9,17,20H,10-15H2,1H3,(H,30,34)(H,36,37)/b9-7+/t20-/m0/s1. The number of piperidine rings is 1. The van der Waals surface area contributed by atoms with Gasteiger partial charge in [0, 0.05) is 42.1 Å². The molecule has 2 aliphatic heterocycles. The Hall–Kier alpha value is -3.01. The minimum atomic E-state index is -1.22. The van der Waals surface area contributed by atoms with Crippen LogP contribution in [0.15, 0.2) is 47.4 Å². The van der Waals surface area contributed by atoms with Crippen molar-refractivity contribution in [3.8, 4) is 0 Å². The summed E-state index contributed by atoms with van der Waals surface area (Å²) in [5.41, 5.74) is 2.02. The van der Waals surface area contributed by atoms with Gasteiger partial charge in [-0.2, -0.15) is 0 Å². The molecule has 0 saturated carbocycles. The number of nitrogens with one attached hydrogen (secondary N) is 1. The lowest BCUT2D eigenvalue weighted by Crippen LogP contribution is -2.51. The molecule has 0 spiro atoms. The third-order valence-corrected chi connectivity index (χ3v) is 8.58. The van der Waals surface area contributed by atoms with E-state index in [2.05, 4.69) is 5.32 Å². The number of carboxylic acids is 1. The number of halogens is 2. The smallest absolute Gasteiger partial charge is 0.328 e. The Bertz CT molecular complexity index is 1290. The fraction of sp³-hybridized carbons (Fsp3) is 0.333. The van der Waals surface area contributed by atoms with E-state index in [4.69, 9.17) is 23.2 Å². The number of likely N-dealkylation sites (tertiary alicyclic amines) is 1. The van der Waals surface area contributed by atoms with Crippen molar-refractivity contribution in [2.75, 3.05) is 25.9 Å². The first-order valence-corrected chi connectivity index (χ1v) is 14.1.